The lowest BCUT2D eigenvalue weighted by Gasteiger charge is -2.48. The van der Waals surface area contributed by atoms with Crippen LogP contribution in [-0.4, -0.2) is 101 Å². The van der Waals surface area contributed by atoms with Crippen molar-refractivity contribution < 1.29 is 73.4 Å². The van der Waals surface area contributed by atoms with Crippen LogP contribution in [0, 0.1) is 0 Å². The Balaban J connectivity index is 3.23. The predicted molar refractivity (Wildman–Crippen MR) is 127 cm³/mol. The van der Waals surface area contributed by atoms with Crippen molar-refractivity contribution >= 4 is 25.7 Å². The van der Waals surface area contributed by atoms with Crippen molar-refractivity contribution in [1.82, 2.24) is 0 Å². The Hall–Kier alpha value is -1.68. The maximum absolute atomic E-state index is 13.0. The molecule has 38 heavy (non-hydrogen) atoms. The summed E-state index contributed by atoms with van der Waals surface area (Å²) in [7, 11) is -5.78. The van der Waals surface area contributed by atoms with E-state index < -0.39 is 87.4 Å². The summed E-state index contributed by atoms with van der Waals surface area (Å²) >= 11 is 0. The molecule has 1 saturated heterocycles. The second-order valence-corrected chi connectivity index (χ2v) is 10.7. The van der Waals surface area contributed by atoms with Gasteiger partial charge in [0, 0.05) is 6.42 Å². The highest BCUT2D eigenvalue weighted by Gasteiger charge is 2.59. The van der Waals surface area contributed by atoms with Crippen molar-refractivity contribution in [2.45, 2.75) is 113 Å². The largest absolute Gasteiger partial charge is 0.481 e. The molecule has 0 radical (unpaired) electrons. The Morgan fingerprint density at radius 3 is 1.84 bits per heavy atom. The number of hydrogen-bond acceptors (Lipinski definition) is 11. The molecule has 1 heterocycles. The average molecular weight is 575 g/mol. The van der Waals surface area contributed by atoms with Crippen molar-refractivity contribution in [3.05, 3.63) is 0 Å². The van der Waals surface area contributed by atoms with Gasteiger partial charge in [-0.3, -0.25) is 18.6 Å². The number of aliphatic carboxylic acids is 3. The summed E-state index contributed by atoms with van der Waals surface area (Å²) in [6.45, 7) is 1.16. The lowest BCUT2D eigenvalue weighted by atomic mass is 9.89. The summed E-state index contributed by atoms with van der Waals surface area (Å²) < 4.78 is 28.1. The van der Waals surface area contributed by atoms with E-state index >= 15 is 0 Å². The molecule has 16 heteroatoms. The first kappa shape index (κ1) is 34.3. The zero-order valence-electron chi connectivity index (χ0n) is 21.2. The first-order valence-corrected chi connectivity index (χ1v) is 13.9. The molecule has 1 aliphatic heterocycles. The molecule has 222 valence electrons. The zero-order valence-corrected chi connectivity index (χ0v) is 22.1. The van der Waals surface area contributed by atoms with E-state index in [1.807, 2.05) is 0 Å². The second-order valence-electron chi connectivity index (χ2n) is 9.39. The van der Waals surface area contributed by atoms with Crippen LogP contribution in [0.1, 0.15) is 77.6 Å². The predicted octanol–water partition coefficient (Wildman–Crippen LogP) is 0.594. The molecule has 1 rings (SSSR count). The summed E-state index contributed by atoms with van der Waals surface area (Å²) in [4.78, 5) is 44.7. The maximum atomic E-state index is 13.0. The van der Waals surface area contributed by atoms with Crippen LogP contribution in [0.4, 0.5) is 0 Å². The Morgan fingerprint density at radius 2 is 1.39 bits per heavy atom. The molecule has 15 nitrogen and oxygen atoms in total. The summed E-state index contributed by atoms with van der Waals surface area (Å²) in [6.07, 6.45) is -4.66. The minimum absolute atomic E-state index is 0.181. The lowest BCUT2D eigenvalue weighted by molar-refractivity contribution is -0.344. The van der Waals surface area contributed by atoms with E-state index in [1.54, 1.807) is 0 Å². The van der Waals surface area contributed by atoms with Gasteiger partial charge in [-0.05, 0) is 6.42 Å². The summed E-state index contributed by atoms with van der Waals surface area (Å²) in [6, 6.07) is 0. The second kappa shape index (κ2) is 15.2. The van der Waals surface area contributed by atoms with Gasteiger partial charge >= 0.3 is 25.7 Å². The number of rotatable bonds is 19. The molecule has 1 fully saturated rings. The highest BCUT2D eigenvalue weighted by Crippen LogP contribution is 2.55. The van der Waals surface area contributed by atoms with Crippen molar-refractivity contribution in [2.75, 3.05) is 6.61 Å². The van der Waals surface area contributed by atoms with Gasteiger partial charge in [-0.25, -0.2) is 9.36 Å². The number of unbranched alkanes of at least 4 members (excludes halogenated alkanes) is 7. The molecule has 0 aromatic carbocycles. The zero-order chi connectivity index (χ0) is 29.1. The number of aliphatic hydroxyl groups excluding tert-OH is 4. The third-order valence-corrected chi connectivity index (χ3v) is 7.36. The van der Waals surface area contributed by atoms with E-state index in [0.717, 1.165) is 38.5 Å². The van der Waals surface area contributed by atoms with Gasteiger partial charge in [0.1, 0.15) is 24.4 Å². The molecule has 0 aliphatic carbocycles. The molecular formula is C22H39O15P. The number of phosphoric acid groups is 1. The first-order chi connectivity index (χ1) is 17.6. The number of aliphatic hydroxyl groups is 4. The molecule has 6 atom stereocenters. The first-order valence-electron chi connectivity index (χ1n) is 12.4. The van der Waals surface area contributed by atoms with Crippen molar-refractivity contribution in [3.8, 4) is 0 Å². The fourth-order valence-corrected chi connectivity index (χ4v) is 5.60. The summed E-state index contributed by atoms with van der Waals surface area (Å²) in [5, 5.41) is 68.4. The minimum Gasteiger partial charge on any atom is -0.481 e. The molecule has 0 spiro atoms. The van der Waals surface area contributed by atoms with Crippen LogP contribution >= 0.6 is 7.82 Å². The smallest absolute Gasteiger partial charge is 0.475 e. The lowest BCUT2D eigenvalue weighted by Crippen LogP contribution is -2.65. The molecule has 0 aromatic heterocycles. The quantitative estimate of drug-likeness (QED) is 0.0775. The minimum atomic E-state index is -5.78. The van der Waals surface area contributed by atoms with Crippen LogP contribution in [0.5, 0.6) is 0 Å². The third-order valence-electron chi connectivity index (χ3n) is 6.24. The van der Waals surface area contributed by atoms with Crippen molar-refractivity contribution in [3.63, 3.8) is 0 Å². The van der Waals surface area contributed by atoms with Crippen molar-refractivity contribution in [1.29, 1.82) is 0 Å². The van der Waals surface area contributed by atoms with Crippen LogP contribution in [-0.2, 0) is 32.7 Å². The number of carbonyl (C=O) groups is 3. The van der Waals surface area contributed by atoms with Crippen LogP contribution in [0.3, 0.4) is 0 Å². The van der Waals surface area contributed by atoms with E-state index in [-0.39, 0.29) is 6.42 Å². The third kappa shape index (κ3) is 9.81. The highest BCUT2D eigenvalue weighted by molar-refractivity contribution is 7.47. The average Bonchev–Trinajstić information content (AvgIpc) is 2.80. The number of ether oxygens (including phenoxy) is 1. The van der Waals surface area contributed by atoms with Gasteiger partial charge in [-0.15, -0.1) is 0 Å². The number of hydrogen-bond donors (Lipinski definition) is 8. The van der Waals surface area contributed by atoms with Crippen LogP contribution in [0.15, 0.2) is 0 Å². The van der Waals surface area contributed by atoms with E-state index in [4.69, 9.17) is 19.5 Å². The monoisotopic (exact) mass is 574 g/mol. The van der Waals surface area contributed by atoms with Gasteiger partial charge in [0.25, 0.3) is 0 Å². The van der Waals surface area contributed by atoms with Gasteiger partial charge in [0.15, 0.2) is 5.60 Å². The highest BCUT2D eigenvalue weighted by atomic mass is 31.2. The molecule has 2 unspecified atom stereocenters. The molecule has 1 aliphatic rings. The Bertz CT molecular complexity index is 818. The van der Waals surface area contributed by atoms with E-state index in [2.05, 4.69) is 11.4 Å². The molecule has 0 aromatic rings. The SMILES string of the molecule is CCCCCCCCCCC1(OP(=O)(O)OC(CC(=O)O)(CC(=O)O)C(=O)O)O[C@H](CO)[C@@H](O)[C@H](O)[C@H]1O. The fourth-order valence-electron chi connectivity index (χ4n) is 4.28. The van der Waals surface area contributed by atoms with E-state index in [9.17, 15) is 49.4 Å². The van der Waals surface area contributed by atoms with Gasteiger partial charge in [-0.2, -0.15) is 0 Å². The Kier molecular flexibility index (Phi) is 13.7. The Labute approximate surface area is 219 Å². The molecule has 0 saturated carbocycles. The topological polar surface area (TPSA) is 258 Å². The molecule has 8 N–H and O–H groups in total. The van der Waals surface area contributed by atoms with Gasteiger partial charge < -0.3 is 45.4 Å². The van der Waals surface area contributed by atoms with E-state index in [1.165, 1.54) is 0 Å². The van der Waals surface area contributed by atoms with E-state index in [0.29, 0.717) is 6.42 Å². The summed E-state index contributed by atoms with van der Waals surface area (Å²) in [5.41, 5.74) is -3.25. The molecule has 0 bridgehead atoms. The van der Waals surface area contributed by atoms with Gasteiger partial charge in [-0.1, -0.05) is 51.9 Å². The normalized spacial score (nSPS) is 27.5. The van der Waals surface area contributed by atoms with Gasteiger partial charge in [0.2, 0.25) is 5.79 Å². The summed E-state index contributed by atoms with van der Waals surface area (Å²) in [5.74, 6) is -8.54. The number of carboxylic acid groups (broad SMARTS) is 3. The standard InChI is InChI=1S/C22H39O15P/c1-2-3-4-5-6-7-8-9-10-22(19(30)18(29)17(28)14(13-23)35-22)37-38(33,34)36-21(20(31)32,11-15(24)25)12-16(26)27/h14,17-19,23,28-30H,2-13H2,1H3,(H,24,25)(H,26,27)(H,31,32)(H,33,34)/t14-,17-,18+,19-,22?/m1/s1. The van der Waals surface area contributed by atoms with Crippen molar-refractivity contribution in [2.24, 2.45) is 0 Å². The Morgan fingerprint density at radius 1 is 0.895 bits per heavy atom. The molecular weight excluding hydrogens is 535 g/mol. The molecule has 0 amide bonds. The number of carboxylic acids is 3. The van der Waals surface area contributed by atoms with Crippen LogP contribution in [0.2, 0.25) is 0 Å². The van der Waals surface area contributed by atoms with Gasteiger partial charge in [0.05, 0.1) is 19.4 Å². The maximum Gasteiger partial charge on any atom is 0.475 e. The number of phosphoric ester groups is 1. The van der Waals surface area contributed by atoms with Crippen LogP contribution in [0.25, 0.3) is 0 Å². The fraction of sp³-hybridized carbons (Fsp3) is 0.864. The van der Waals surface area contributed by atoms with Crippen LogP contribution < -0.4 is 0 Å².